The largest absolute Gasteiger partial charge is 0.494 e. The molecule has 33 heavy (non-hydrogen) atoms. The van der Waals surface area contributed by atoms with Crippen LogP contribution in [0.15, 0.2) is 66.2 Å². The summed E-state index contributed by atoms with van der Waals surface area (Å²) in [5.74, 6) is 0.898. The molecule has 0 aliphatic carbocycles. The summed E-state index contributed by atoms with van der Waals surface area (Å²) in [4.78, 5) is 12.5. The van der Waals surface area contributed by atoms with Crippen molar-refractivity contribution in [1.29, 1.82) is 5.26 Å². The minimum absolute atomic E-state index is 0.0100. The van der Waals surface area contributed by atoms with E-state index in [0.717, 1.165) is 9.13 Å². The van der Waals surface area contributed by atoms with Gasteiger partial charge in [0.2, 0.25) is 0 Å². The Morgan fingerprint density at radius 3 is 2.45 bits per heavy atom. The first-order valence-corrected chi connectivity index (χ1v) is 11.8. The minimum atomic E-state index is -0.489. The van der Waals surface area contributed by atoms with Crippen LogP contribution in [0, 0.1) is 14.9 Å². The van der Waals surface area contributed by atoms with E-state index in [1.54, 1.807) is 48.5 Å². The van der Waals surface area contributed by atoms with Crippen LogP contribution < -0.4 is 14.8 Å². The first kappa shape index (κ1) is 24.9. The van der Waals surface area contributed by atoms with Gasteiger partial charge in [0.15, 0.2) is 0 Å². The van der Waals surface area contributed by atoms with Crippen molar-refractivity contribution < 1.29 is 14.3 Å². The molecule has 3 aromatic rings. The molecule has 5 nitrogen and oxygen atoms in total. The number of nitrogens with zero attached hydrogens (tertiary/aromatic N) is 1. The highest BCUT2D eigenvalue weighted by Crippen LogP contribution is 2.26. The van der Waals surface area contributed by atoms with Gasteiger partial charge < -0.3 is 14.8 Å². The molecule has 0 saturated heterocycles. The molecule has 3 aromatic carbocycles. The van der Waals surface area contributed by atoms with Crippen LogP contribution >= 0.6 is 45.8 Å². The maximum atomic E-state index is 12.5. The van der Waals surface area contributed by atoms with Crippen molar-refractivity contribution in [3.63, 3.8) is 0 Å². The summed E-state index contributed by atoms with van der Waals surface area (Å²) in [5.41, 5.74) is 2.16. The predicted octanol–water partition coefficient (Wildman–Crippen LogP) is 7.12. The monoisotopic (exact) mass is 592 g/mol. The number of anilines is 1. The summed E-state index contributed by atoms with van der Waals surface area (Å²) in [6.07, 6.45) is 1.54. The zero-order valence-corrected chi connectivity index (χ0v) is 21.2. The second-order valence-electron chi connectivity index (χ2n) is 6.81. The average molecular weight is 593 g/mol. The van der Waals surface area contributed by atoms with Crippen LogP contribution in [0.1, 0.15) is 18.1 Å². The van der Waals surface area contributed by atoms with E-state index in [9.17, 15) is 10.1 Å². The van der Waals surface area contributed by atoms with Gasteiger partial charge in [0, 0.05) is 5.69 Å². The molecule has 8 heteroatoms. The Morgan fingerprint density at radius 2 is 1.82 bits per heavy atom. The van der Waals surface area contributed by atoms with Crippen LogP contribution in [-0.2, 0) is 11.4 Å². The topological polar surface area (TPSA) is 71.3 Å². The SMILES string of the molecule is CCOc1ccc(NC(=O)/C(C#N)=C\c2ccc(OCc3ccc(Cl)c(Cl)c3)c(I)c2)cc1. The van der Waals surface area contributed by atoms with Crippen LogP contribution in [0.25, 0.3) is 6.08 Å². The van der Waals surface area contributed by atoms with E-state index >= 15 is 0 Å². The molecular weight excluding hydrogens is 574 g/mol. The summed E-state index contributed by atoms with van der Waals surface area (Å²) in [6, 6.07) is 19.7. The number of carbonyl (C=O) groups is 1. The number of rotatable bonds is 8. The van der Waals surface area contributed by atoms with E-state index < -0.39 is 5.91 Å². The van der Waals surface area contributed by atoms with Gasteiger partial charge >= 0.3 is 0 Å². The van der Waals surface area contributed by atoms with Crippen LogP contribution in [-0.4, -0.2) is 12.5 Å². The lowest BCUT2D eigenvalue weighted by Crippen LogP contribution is -2.13. The van der Waals surface area contributed by atoms with Crippen molar-refractivity contribution in [2.24, 2.45) is 0 Å². The number of amides is 1. The van der Waals surface area contributed by atoms with Crippen LogP contribution in [0.3, 0.4) is 0 Å². The summed E-state index contributed by atoms with van der Waals surface area (Å²) < 4.78 is 12.1. The molecule has 1 N–H and O–H groups in total. The fraction of sp³-hybridized carbons (Fsp3) is 0.120. The number of benzene rings is 3. The number of nitriles is 1. The molecule has 0 spiro atoms. The van der Waals surface area contributed by atoms with Crippen molar-refractivity contribution in [3.05, 3.63) is 91.0 Å². The maximum absolute atomic E-state index is 12.5. The van der Waals surface area contributed by atoms with E-state index in [1.807, 2.05) is 25.1 Å². The molecule has 0 atom stereocenters. The van der Waals surface area contributed by atoms with Gasteiger partial charge in [0.1, 0.15) is 29.7 Å². The first-order chi connectivity index (χ1) is 15.9. The first-order valence-electron chi connectivity index (χ1n) is 9.92. The molecular formula is C25H19Cl2IN2O3. The Balaban J connectivity index is 1.67. The number of hydrogen-bond donors (Lipinski definition) is 1. The van der Waals surface area contributed by atoms with Gasteiger partial charge in [-0.1, -0.05) is 35.3 Å². The highest BCUT2D eigenvalue weighted by molar-refractivity contribution is 14.1. The number of ether oxygens (including phenoxy) is 2. The van der Waals surface area contributed by atoms with Gasteiger partial charge in [-0.15, -0.1) is 0 Å². The van der Waals surface area contributed by atoms with Crippen molar-refractivity contribution in [2.45, 2.75) is 13.5 Å². The second kappa shape index (κ2) is 11.9. The highest BCUT2D eigenvalue weighted by Gasteiger charge is 2.11. The molecule has 0 aliphatic rings. The van der Waals surface area contributed by atoms with Gasteiger partial charge in [-0.2, -0.15) is 5.26 Å². The van der Waals surface area contributed by atoms with Crippen molar-refractivity contribution in [2.75, 3.05) is 11.9 Å². The van der Waals surface area contributed by atoms with E-state index in [0.29, 0.717) is 46.0 Å². The fourth-order valence-electron chi connectivity index (χ4n) is 2.83. The number of carbonyl (C=O) groups excluding carboxylic acids is 1. The van der Waals surface area contributed by atoms with Crippen LogP contribution in [0.4, 0.5) is 5.69 Å². The molecule has 0 aromatic heterocycles. The van der Waals surface area contributed by atoms with Gasteiger partial charge in [0.05, 0.1) is 20.2 Å². The van der Waals surface area contributed by atoms with Gasteiger partial charge in [0.25, 0.3) is 5.91 Å². The lowest BCUT2D eigenvalue weighted by atomic mass is 10.1. The normalized spacial score (nSPS) is 10.9. The summed E-state index contributed by atoms with van der Waals surface area (Å²) in [7, 11) is 0. The third kappa shape index (κ3) is 7.13. The summed E-state index contributed by atoms with van der Waals surface area (Å²) in [5, 5.41) is 13.2. The molecule has 0 unspecified atom stereocenters. The third-order valence-electron chi connectivity index (χ3n) is 4.43. The van der Waals surface area contributed by atoms with E-state index in [1.165, 1.54) is 6.08 Å². The number of nitrogens with one attached hydrogen (secondary N) is 1. The molecule has 0 radical (unpaired) electrons. The van der Waals surface area contributed by atoms with Crippen LogP contribution in [0.2, 0.25) is 10.0 Å². The fourth-order valence-corrected chi connectivity index (χ4v) is 3.85. The van der Waals surface area contributed by atoms with Gasteiger partial charge in [-0.05, 0) is 95.2 Å². The number of halogens is 3. The van der Waals surface area contributed by atoms with Crippen molar-refractivity contribution in [3.8, 4) is 17.6 Å². The molecule has 3 rings (SSSR count). The molecule has 1 amide bonds. The van der Waals surface area contributed by atoms with E-state index in [-0.39, 0.29) is 5.57 Å². The second-order valence-corrected chi connectivity index (χ2v) is 8.78. The minimum Gasteiger partial charge on any atom is -0.494 e. The van der Waals surface area contributed by atoms with Gasteiger partial charge in [-0.3, -0.25) is 4.79 Å². The number of hydrogen-bond acceptors (Lipinski definition) is 4. The van der Waals surface area contributed by atoms with Crippen LogP contribution in [0.5, 0.6) is 11.5 Å². The molecule has 0 saturated carbocycles. The average Bonchev–Trinajstić information content (AvgIpc) is 2.80. The van der Waals surface area contributed by atoms with Crippen molar-refractivity contribution >= 4 is 63.5 Å². The molecule has 0 bridgehead atoms. The predicted molar refractivity (Wildman–Crippen MR) is 140 cm³/mol. The van der Waals surface area contributed by atoms with Gasteiger partial charge in [-0.25, -0.2) is 0 Å². The smallest absolute Gasteiger partial charge is 0.266 e. The standard InChI is InChI=1S/C25H19Cl2IN2O3/c1-2-32-20-7-5-19(6-8-20)30-25(31)18(14-29)11-16-4-10-24(23(28)13-16)33-15-17-3-9-21(26)22(27)12-17/h3-13H,2,15H2,1H3,(H,30,31)/b18-11-. The lowest BCUT2D eigenvalue weighted by molar-refractivity contribution is -0.112. The summed E-state index contributed by atoms with van der Waals surface area (Å²) in [6.45, 7) is 2.79. The Bertz CT molecular complexity index is 1220. The van der Waals surface area contributed by atoms with Crippen molar-refractivity contribution in [1.82, 2.24) is 0 Å². The Hall–Kier alpha value is -2.73. The third-order valence-corrected chi connectivity index (χ3v) is 6.02. The Labute approximate surface area is 216 Å². The molecule has 0 aliphatic heterocycles. The van der Waals surface area contributed by atoms with E-state index in [2.05, 4.69) is 27.9 Å². The Kier molecular flexibility index (Phi) is 9.01. The zero-order chi connectivity index (χ0) is 23.8. The maximum Gasteiger partial charge on any atom is 0.266 e. The quantitative estimate of drug-likeness (QED) is 0.172. The molecule has 168 valence electrons. The zero-order valence-electron chi connectivity index (χ0n) is 17.6. The Morgan fingerprint density at radius 1 is 1.06 bits per heavy atom. The highest BCUT2D eigenvalue weighted by atomic mass is 127. The molecule has 0 fully saturated rings. The summed E-state index contributed by atoms with van der Waals surface area (Å²) >= 11 is 14.1. The lowest BCUT2D eigenvalue weighted by Gasteiger charge is -2.10. The molecule has 0 heterocycles. The van der Waals surface area contributed by atoms with E-state index in [4.69, 9.17) is 32.7 Å².